The Morgan fingerprint density at radius 2 is 1.93 bits per heavy atom. The standard InChI is InChI=1S/C10H21NO3/c1-8(7-13-6)11(5)9(12)14-10(2,3)4/h8H,7H2,1-6H3/t8-/m1/s1. The molecule has 0 saturated carbocycles. The molecule has 0 aromatic rings. The van der Waals surface area contributed by atoms with Crippen LogP contribution in [0, 0.1) is 0 Å². The second-order valence-corrected chi connectivity index (χ2v) is 4.40. The highest BCUT2D eigenvalue weighted by atomic mass is 16.6. The molecule has 0 rings (SSSR count). The van der Waals surface area contributed by atoms with Gasteiger partial charge in [-0.2, -0.15) is 0 Å². The van der Waals surface area contributed by atoms with Crippen LogP contribution in [0.1, 0.15) is 27.7 Å². The summed E-state index contributed by atoms with van der Waals surface area (Å²) >= 11 is 0. The fraction of sp³-hybridized carbons (Fsp3) is 0.900. The van der Waals surface area contributed by atoms with Gasteiger partial charge in [0.2, 0.25) is 0 Å². The molecular formula is C10H21NO3. The van der Waals surface area contributed by atoms with Crippen molar-refractivity contribution in [1.82, 2.24) is 4.90 Å². The van der Waals surface area contributed by atoms with Crippen molar-refractivity contribution in [3.63, 3.8) is 0 Å². The van der Waals surface area contributed by atoms with Crippen LogP contribution < -0.4 is 0 Å². The Kier molecular flexibility index (Phi) is 4.91. The van der Waals surface area contributed by atoms with Gasteiger partial charge in [0.1, 0.15) is 5.60 Å². The molecule has 0 aliphatic heterocycles. The second kappa shape index (κ2) is 5.20. The molecule has 0 bridgehead atoms. The van der Waals surface area contributed by atoms with Gasteiger partial charge in [-0.25, -0.2) is 4.79 Å². The first-order valence-electron chi connectivity index (χ1n) is 4.72. The third kappa shape index (κ3) is 5.07. The van der Waals surface area contributed by atoms with E-state index in [0.29, 0.717) is 6.61 Å². The molecule has 4 nitrogen and oxygen atoms in total. The van der Waals surface area contributed by atoms with Crippen LogP contribution >= 0.6 is 0 Å². The van der Waals surface area contributed by atoms with E-state index in [2.05, 4.69) is 0 Å². The summed E-state index contributed by atoms with van der Waals surface area (Å²) in [6, 6.07) is 0.0230. The van der Waals surface area contributed by atoms with Crippen LogP contribution in [0.25, 0.3) is 0 Å². The van der Waals surface area contributed by atoms with Crippen molar-refractivity contribution in [2.75, 3.05) is 20.8 Å². The zero-order valence-electron chi connectivity index (χ0n) is 9.96. The van der Waals surface area contributed by atoms with Crippen LogP contribution in [0.3, 0.4) is 0 Å². The summed E-state index contributed by atoms with van der Waals surface area (Å²) in [6.45, 7) is 7.96. The Labute approximate surface area is 86.2 Å². The van der Waals surface area contributed by atoms with Gasteiger partial charge in [-0.1, -0.05) is 0 Å². The summed E-state index contributed by atoms with van der Waals surface area (Å²) in [5.74, 6) is 0. The van der Waals surface area contributed by atoms with Gasteiger partial charge in [0.25, 0.3) is 0 Å². The molecule has 0 aromatic carbocycles. The van der Waals surface area contributed by atoms with Crippen LogP contribution in [-0.4, -0.2) is 43.4 Å². The highest BCUT2D eigenvalue weighted by molar-refractivity contribution is 5.68. The van der Waals surface area contributed by atoms with Gasteiger partial charge < -0.3 is 14.4 Å². The number of likely N-dealkylation sites (N-methyl/N-ethyl adjacent to an activating group) is 1. The van der Waals surface area contributed by atoms with E-state index in [1.165, 1.54) is 4.90 Å². The Balaban J connectivity index is 4.12. The van der Waals surface area contributed by atoms with Crippen molar-refractivity contribution < 1.29 is 14.3 Å². The normalized spacial score (nSPS) is 13.6. The highest BCUT2D eigenvalue weighted by Crippen LogP contribution is 2.10. The largest absolute Gasteiger partial charge is 0.444 e. The molecule has 0 aliphatic rings. The van der Waals surface area contributed by atoms with Crippen LogP contribution in [0.5, 0.6) is 0 Å². The Morgan fingerprint density at radius 3 is 2.29 bits per heavy atom. The molecule has 0 aromatic heterocycles. The zero-order valence-corrected chi connectivity index (χ0v) is 9.96. The quantitative estimate of drug-likeness (QED) is 0.703. The fourth-order valence-corrected chi connectivity index (χ4v) is 0.867. The monoisotopic (exact) mass is 203 g/mol. The number of hydrogen-bond donors (Lipinski definition) is 0. The van der Waals surface area contributed by atoms with Crippen LogP contribution in [0.2, 0.25) is 0 Å². The number of rotatable bonds is 3. The van der Waals surface area contributed by atoms with Crippen molar-refractivity contribution in [2.45, 2.75) is 39.3 Å². The van der Waals surface area contributed by atoms with E-state index < -0.39 is 5.60 Å². The summed E-state index contributed by atoms with van der Waals surface area (Å²) < 4.78 is 10.2. The maximum Gasteiger partial charge on any atom is 0.410 e. The summed E-state index contributed by atoms with van der Waals surface area (Å²) in [5, 5.41) is 0. The molecule has 4 heteroatoms. The molecule has 0 fully saturated rings. The van der Waals surface area contributed by atoms with Crippen LogP contribution in [0.4, 0.5) is 4.79 Å². The third-order valence-electron chi connectivity index (χ3n) is 1.75. The number of amides is 1. The van der Waals surface area contributed by atoms with Gasteiger partial charge in [0, 0.05) is 14.2 Å². The molecule has 0 unspecified atom stereocenters. The number of methoxy groups -OCH3 is 1. The molecular weight excluding hydrogens is 182 g/mol. The molecule has 0 N–H and O–H groups in total. The van der Waals surface area contributed by atoms with Crippen LogP contribution in [0.15, 0.2) is 0 Å². The van der Waals surface area contributed by atoms with E-state index in [-0.39, 0.29) is 12.1 Å². The number of carbonyl (C=O) groups excluding carboxylic acids is 1. The average molecular weight is 203 g/mol. The predicted molar refractivity (Wildman–Crippen MR) is 55.3 cm³/mol. The number of hydrogen-bond acceptors (Lipinski definition) is 3. The molecule has 0 radical (unpaired) electrons. The van der Waals surface area contributed by atoms with E-state index in [9.17, 15) is 4.79 Å². The van der Waals surface area contributed by atoms with Crippen LogP contribution in [-0.2, 0) is 9.47 Å². The summed E-state index contributed by atoms with van der Waals surface area (Å²) in [7, 11) is 3.32. The number of nitrogens with zero attached hydrogens (tertiary/aromatic N) is 1. The first-order chi connectivity index (χ1) is 6.28. The lowest BCUT2D eigenvalue weighted by molar-refractivity contribution is 0.0154. The molecule has 84 valence electrons. The average Bonchev–Trinajstić information content (AvgIpc) is 2.00. The Hall–Kier alpha value is -0.770. The minimum absolute atomic E-state index is 0.0230. The van der Waals surface area contributed by atoms with Gasteiger partial charge in [-0.15, -0.1) is 0 Å². The van der Waals surface area contributed by atoms with Gasteiger partial charge in [-0.3, -0.25) is 0 Å². The predicted octanol–water partition coefficient (Wildman–Crippen LogP) is 1.89. The van der Waals surface area contributed by atoms with E-state index in [4.69, 9.17) is 9.47 Å². The summed E-state index contributed by atoms with van der Waals surface area (Å²) in [4.78, 5) is 13.1. The third-order valence-corrected chi connectivity index (χ3v) is 1.75. The SMILES string of the molecule is COC[C@@H](C)N(C)C(=O)OC(C)(C)C. The number of carbonyl (C=O) groups is 1. The van der Waals surface area contributed by atoms with Crippen molar-refractivity contribution in [3.8, 4) is 0 Å². The van der Waals surface area contributed by atoms with Crippen molar-refractivity contribution in [1.29, 1.82) is 0 Å². The summed E-state index contributed by atoms with van der Waals surface area (Å²) in [6.07, 6.45) is -0.318. The Bertz CT molecular complexity index is 186. The fourth-order valence-electron chi connectivity index (χ4n) is 0.867. The maximum absolute atomic E-state index is 11.5. The van der Waals surface area contributed by atoms with Gasteiger partial charge >= 0.3 is 6.09 Å². The second-order valence-electron chi connectivity index (χ2n) is 4.40. The van der Waals surface area contributed by atoms with E-state index in [1.54, 1.807) is 14.2 Å². The zero-order chi connectivity index (χ0) is 11.4. The molecule has 0 aliphatic carbocycles. The minimum atomic E-state index is -0.446. The van der Waals surface area contributed by atoms with Crippen molar-refractivity contribution in [2.24, 2.45) is 0 Å². The lowest BCUT2D eigenvalue weighted by atomic mass is 10.2. The van der Waals surface area contributed by atoms with E-state index in [0.717, 1.165) is 0 Å². The van der Waals surface area contributed by atoms with Crippen molar-refractivity contribution in [3.05, 3.63) is 0 Å². The smallest absolute Gasteiger partial charge is 0.410 e. The lowest BCUT2D eigenvalue weighted by Gasteiger charge is -2.28. The van der Waals surface area contributed by atoms with Gasteiger partial charge in [0.05, 0.1) is 12.6 Å². The van der Waals surface area contributed by atoms with E-state index >= 15 is 0 Å². The Morgan fingerprint density at radius 1 is 1.43 bits per heavy atom. The van der Waals surface area contributed by atoms with Gasteiger partial charge in [-0.05, 0) is 27.7 Å². The maximum atomic E-state index is 11.5. The van der Waals surface area contributed by atoms with Crippen molar-refractivity contribution >= 4 is 6.09 Å². The molecule has 14 heavy (non-hydrogen) atoms. The molecule has 0 saturated heterocycles. The summed E-state index contributed by atoms with van der Waals surface area (Å²) in [5.41, 5.74) is -0.446. The number of ether oxygens (including phenoxy) is 2. The van der Waals surface area contributed by atoms with E-state index in [1.807, 2.05) is 27.7 Å². The molecule has 1 atom stereocenters. The minimum Gasteiger partial charge on any atom is -0.444 e. The first kappa shape index (κ1) is 13.2. The highest BCUT2D eigenvalue weighted by Gasteiger charge is 2.22. The molecule has 0 spiro atoms. The van der Waals surface area contributed by atoms with Gasteiger partial charge in [0.15, 0.2) is 0 Å². The molecule has 1 amide bonds. The lowest BCUT2D eigenvalue weighted by Crippen LogP contribution is -2.41. The first-order valence-corrected chi connectivity index (χ1v) is 4.72. The molecule has 0 heterocycles. The topological polar surface area (TPSA) is 38.8 Å².